The summed E-state index contributed by atoms with van der Waals surface area (Å²) in [5.74, 6) is -0.878. The average molecular weight is 306 g/mol. The molecule has 3 rings (SSSR count). The molecule has 0 bridgehead atoms. The maximum Gasteiger partial charge on any atom is 0.522 e. The van der Waals surface area contributed by atoms with Crippen molar-refractivity contribution in [2.75, 3.05) is 13.1 Å². The van der Waals surface area contributed by atoms with Crippen LogP contribution in [0.1, 0.15) is 15.9 Å². The first kappa shape index (κ1) is 14.5. The van der Waals surface area contributed by atoms with E-state index in [1.165, 1.54) is 4.90 Å². The van der Waals surface area contributed by atoms with Crippen molar-refractivity contribution < 1.29 is 29.1 Å². The number of likely N-dealkylation sites (tertiary alicyclic amines) is 1. The summed E-state index contributed by atoms with van der Waals surface area (Å²) in [6.45, 7) is 0.629. The van der Waals surface area contributed by atoms with Crippen LogP contribution in [-0.2, 0) is 6.42 Å². The van der Waals surface area contributed by atoms with E-state index < -0.39 is 19.1 Å². The Labute approximate surface area is 126 Å². The summed E-state index contributed by atoms with van der Waals surface area (Å²) in [5.41, 5.74) is 5.75. The van der Waals surface area contributed by atoms with E-state index >= 15 is 0 Å². The van der Waals surface area contributed by atoms with Crippen LogP contribution in [0.5, 0.6) is 11.5 Å². The highest BCUT2D eigenvalue weighted by Gasteiger charge is 2.34. The molecule has 0 spiro atoms. The highest BCUT2D eigenvalue weighted by Crippen LogP contribution is 2.37. The quantitative estimate of drug-likeness (QED) is 0.673. The molecular formula is C13H15BN2O6. The van der Waals surface area contributed by atoms with Gasteiger partial charge in [0.25, 0.3) is 0 Å². The first-order chi connectivity index (χ1) is 10.5. The van der Waals surface area contributed by atoms with Crippen LogP contribution in [0.3, 0.4) is 0 Å². The molecule has 0 unspecified atom stereocenters. The second kappa shape index (κ2) is 5.41. The van der Waals surface area contributed by atoms with Crippen molar-refractivity contribution in [2.24, 2.45) is 5.73 Å². The maximum atomic E-state index is 11.5. The number of amides is 2. The summed E-state index contributed by atoms with van der Waals surface area (Å²) in [7, 11) is -1.02. The first-order valence-corrected chi connectivity index (χ1v) is 6.90. The van der Waals surface area contributed by atoms with E-state index in [1.807, 2.05) is 0 Å². The lowest BCUT2D eigenvalue weighted by atomic mass is 9.78. The number of aryl methyl sites for hydroxylation is 1. The van der Waals surface area contributed by atoms with Gasteiger partial charge in [-0.1, -0.05) is 6.07 Å². The van der Waals surface area contributed by atoms with Crippen LogP contribution in [0, 0.1) is 0 Å². The average Bonchev–Trinajstić information content (AvgIpc) is 2.40. The smallest absolute Gasteiger partial charge is 0.522 e. The van der Waals surface area contributed by atoms with Crippen molar-refractivity contribution in [1.82, 2.24) is 4.90 Å². The summed E-state index contributed by atoms with van der Waals surface area (Å²) in [4.78, 5) is 23.9. The number of hydrogen-bond donors (Lipinski definition) is 3. The van der Waals surface area contributed by atoms with Crippen molar-refractivity contribution >= 4 is 19.1 Å². The van der Waals surface area contributed by atoms with Gasteiger partial charge in [0.2, 0.25) is 0 Å². The molecule has 0 saturated carbocycles. The van der Waals surface area contributed by atoms with Gasteiger partial charge in [-0.3, -0.25) is 0 Å². The number of carbonyl (C=O) groups is 2. The lowest BCUT2D eigenvalue weighted by molar-refractivity contribution is 0.0449. The molecule has 2 amide bonds. The van der Waals surface area contributed by atoms with Gasteiger partial charge in [0.05, 0.1) is 13.1 Å². The third-order valence-electron chi connectivity index (χ3n) is 3.78. The van der Waals surface area contributed by atoms with Crippen LogP contribution in [0.4, 0.5) is 4.79 Å². The number of urea groups is 1. The zero-order chi connectivity index (χ0) is 15.9. The van der Waals surface area contributed by atoms with Crippen molar-refractivity contribution in [2.45, 2.75) is 18.8 Å². The number of nitrogens with two attached hydrogens (primary N) is 1. The van der Waals surface area contributed by atoms with E-state index in [0.717, 1.165) is 5.56 Å². The van der Waals surface area contributed by atoms with E-state index in [1.54, 1.807) is 12.1 Å². The van der Waals surface area contributed by atoms with Gasteiger partial charge in [0.15, 0.2) is 0 Å². The number of nitrogens with zero attached hydrogens (tertiary/aromatic N) is 1. The fourth-order valence-corrected chi connectivity index (χ4v) is 2.59. The highest BCUT2D eigenvalue weighted by atomic mass is 16.5. The SMILES string of the molecule is NC(=O)N1CC(Oc2ccc3c(c2C(=O)O)OB(O)CC3)C1. The molecule has 0 aliphatic carbocycles. The molecule has 2 aliphatic rings. The lowest BCUT2D eigenvalue weighted by Crippen LogP contribution is -2.57. The molecular weight excluding hydrogens is 291 g/mol. The Hall–Kier alpha value is -2.42. The summed E-state index contributed by atoms with van der Waals surface area (Å²) < 4.78 is 10.9. The lowest BCUT2D eigenvalue weighted by Gasteiger charge is -2.38. The number of hydrogen-bond acceptors (Lipinski definition) is 5. The molecule has 0 aromatic heterocycles. The van der Waals surface area contributed by atoms with E-state index in [0.29, 0.717) is 25.8 Å². The van der Waals surface area contributed by atoms with E-state index in [9.17, 15) is 19.7 Å². The molecule has 1 aromatic carbocycles. The Morgan fingerprint density at radius 1 is 1.41 bits per heavy atom. The normalized spacial score (nSPS) is 17.3. The van der Waals surface area contributed by atoms with Gasteiger partial charge in [-0.05, 0) is 24.4 Å². The summed E-state index contributed by atoms with van der Waals surface area (Å²) >= 11 is 0. The summed E-state index contributed by atoms with van der Waals surface area (Å²) in [5, 5.41) is 19.0. The minimum Gasteiger partial charge on any atom is -0.535 e. The molecule has 0 radical (unpaired) electrons. The van der Waals surface area contributed by atoms with Gasteiger partial charge in [-0.25, -0.2) is 9.59 Å². The third kappa shape index (κ3) is 2.55. The molecule has 116 valence electrons. The number of fused-ring (bicyclic) bond motifs is 1. The van der Waals surface area contributed by atoms with Crippen molar-refractivity contribution in [3.8, 4) is 11.5 Å². The predicted molar refractivity (Wildman–Crippen MR) is 76.1 cm³/mol. The standard InChI is InChI=1S/C13H15BN2O6/c15-13(19)16-5-8(6-16)21-9-2-1-7-3-4-14(20)22-11(7)10(9)12(17)18/h1-2,8,20H,3-6H2,(H2,15,19)(H,17,18). The van der Waals surface area contributed by atoms with Crippen LogP contribution >= 0.6 is 0 Å². The number of carbonyl (C=O) groups excluding carboxylic acids is 1. The fourth-order valence-electron chi connectivity index (χ4n) is 2.59. The van der Waals surface area contributed by atoms with E-state index in [-0.39, 0.29) is 23.2 Å². The van der Waals surface area contributed by atoms with Crippen LogP contribution in [0.15, 0.2) is 12.1 Å². The second-order valence-electron chi connectivity index (χ2n) is 5.33. The molecule has 1 aromatic rings. The van der Waals surface area contributed by atoms with Gasteiger partial charge >= 0.3 is 19.1 Å². The van der Waals surface area contributed by atoms with Crippen molar-refractivity contribution in [1.29, 1.82) is 0 Å². The Morgan fingerprint density at radius 2 is 2.14 bits per heavy atom. The van der Waals surface area contributed by atoms with Gasteiger partial charge in [-0.15, -0.1) is 0 Å². The van der Waals surface area contributed by atoms with Crippen LogP contribution in [0.2, 0.25) is 6.32 Å². The van der Waals surface area contributed by atoms with Gasteiger partial charge in [0.1, 0.15) is 23.2 Å². The van der Waals surface area contributed by atoms with E-state index in [4.69, 9.17) is 15.1 Å². The molecule has 8 nitrogen and oxygen atoms in total. The summed E-state index contributed by atoms with van der Waals surface area (Å²) in [6.07, 6.45) is 0.649. The molecule has 1 fully saturated rings. The number of ether oxygens (including phenoxy) is 1. The molecule has 0 atom stereocenters. The Bertz CT molecular complexity index is 631. The minimum absolute atomic E-state index is 0.103. The molecule has 2 aliphatic heterocycles. The number of rotatable bonds is 3. The topological polar surface area (TPSA) is 122 Å². The Balaban J connectivity index is 1.84. The van der Waals surface area contributed by atoms with E-state index in [2.05, 4.69) is 0 Å². The third-order valence-corrected chi connectivity index (χ3v) is 3.78. The fraction of sp³-hybridized carbons (Fsp3) is 0.385. The van der Waals surface area contributed by atoms with Gasteiger partial charge < -0.3 is 30.2 Å². The monoisotopic (exact) mass is 306 g/mol. The predicted octanol–water partition coefficient (Wildman–Crippen LogP) is -0.0581. The van der Waals surface area contributed by atoms with Crippen LogP contribution < -0.4 is 15.1 Å². The molecule has 2 heterocycles. The summed E-state index contributed by atoms with van der Waals surface area (Å²) in [6, 6.07) is 2.78. The number of carboxylic acid groups (broad SMARTS) is 1. The number of aromatic carboxylic acids is 1. The Kier molecular flexibility index (Phi) is 3.57. The highest BCUT2D eigenvalue weighted by molar-refractivity contribution is 6.44. The zero-order valence-corrected chi connectivity index (χ0v) is 11.7. The minimum atomic E-state index is -1.19. The second-order valence-corrected chi connectivity index (χ2v) is 5.33. The number of benzene rings is 1. The molecule has 1 saturated heterocycles. The van der Waals surface area contributed by atoms with Crippen LogP contribution in [0.25, 0.3) is 0 Å². The van der Waals surface area contributed by atoms with Crippen molar-refractivity contribution in [3.63, 3.8) is 0 Å². The first-order valence-electron chi connectivity index (χ1n) is 6.90. The van der Waals surface area contributed by atoms with Crippen LogP contribution in [-0.4, -0.2) is 53.3 Å². The molecule has 9 heteroatoms. The number of carboxylic acids is 1. The maximum absolute atomic E-state index is 11.5. The van der Waals surface area contributed by atoms with Crippen molar-refractivity contribution in [3.05, 3.63) is 23.3 Å². The molecule has 22 heavy (non-hydrogen) atoms. The Morgan fingerprint density at radius 3 is 2.77 bits per heavy atom. The number of primary amides is 1. The zero-order valence-electron chi connectivity index (χ0n) is 11.7. The molecule has 4 N–H and O–H groups in total. The largest absolute Gasteiger partial charge is 0.535 e. The van der Waals surface area contributed by atoms with Gasteiger partial charge in [-0.2, -0.15) is 0 Å². The van der Waals surface area contributed by atoms with Gasteiger partial charge in [0, 0.05) is 0 Å².